The summed E-state index contributed by atoms with van der Waals surface area (Å²) in [5, 5.41) is 5.19. The van der Waals surface area contributed by atoms with Crippen LogP contribution in [0.2, 0.25) is 0 Å². The van der Waals surface area contributed by atoms with Crippen LogP contribution in [0.3, 0.4) is 0 Å². The Balaban J connectivity index is 2.62. The van der Waals surface area contributed by atoms with Crippen molar-refractivity contribution < 1.29 is 9.59 Å². The fourth-order valence-corrected chi connectivity index (χ4v) is 1.03. The van der Waals surface area contributed by atoms with E-state index < -0.39 is 0 Å². The third-order valence-electron chi connectivity index (χ3n) is 1.79. The van der Waals surface area contributed by atoms with Crippen LogP contribution >= 0.6 is 0 Å². The van der Waals surface area contributed by atoms with Crippen LogP contribution in [0.5, 0.6) is 0 Å². The first-order chi connectivity index (χ1) is 5.15. The van der Waals surface area contributed by atoms with Crippen molar-refractivity contribution >= 4 is 11.8 Å². The summed E-state index contributed by atoms with van der Waals surface area (Å²) >= 11 is 0. The Hall–Kier alpha value is -1.06. The third-order valence-corrected chi connectivity index (χ3v) is 1.79. The summed E-state index contributed by atoms with van der Waals surface area (Å²) in [7, 11) is 0. The van der Waals surface area contributed by atoms with Gasteiger partial charge in [0.15, 0.2) is 0 Å². The molecule has 4 nitrogen and oxygen atoms in total. The fourth-order valence-electron chi connectivity index (χ4n) is 1.03. The highest BCUT2D eigenvalue weighted by Gasteiger charge is 2.29. The first-order valence-electron chi connectivity index (χ1n) is 3.76. The van der Waals surface area contributed by atoms with Gasteiger partial charge in [-0.2, -0.15) is 0 Å². The van der Waals surface area contributed by atoms with E-state index in [4.69, 9.17) is 0 Å². The second kappa shape index (κ2) is 2.90. The van der Waals surface area contributed by atoms with Crippen molar-refractivity contribution in [1.29, 1.82) is 0 Å². The van der Waals surface area contributed by atoms with Crippen LogP contribution in [0, 0.1) is 0 Å². The van der Waals surface area contributed by atoms with Crippen molar-refractivity contribution in [2.75, 3.05) is 0 Å². The zero-order valence-electron chi connectivity index (χ0n) is 6.68. The summed E-state index contributed by atoms with van der Waals surface area (Å²) < 4.78 is 0. The van der Waals surface area contributed by atoms with E-state index in [1.54, 1.807) is 6.92 Å². The molecule has 1 rings (SSSR count). The first kappa shape index (κ1) is 8.04. The quantitative estimate of drug-likeness (QED) is 0.532. The van der Waals surface area contributed by atoms with Gasteiger partial charge in [0.25, 0.3) is 0 Å². The van der Waals surface area contributed by atoms with Crippen LogP contribution in [0.15, 0.2) is 0 Å². The van der Waals surface area contributed by atoms with E-state index in [-0.39, 0.29) is 23.9 Å². The maximum absolute atomic E-state index is 11.1. The Morgan fingerprint density at radius 1 is 1.27 bits per heavy atom. The molecule has 0 saturated carbocycles. The molecule has 2 amide bonds. The van der Waals surface area contributed by atoms with Gasteiger partial charge in [0.2, 0.25) is 11.8 Å². The molecule has 11 heavy (non-hydrogen) atoms. The number of rotatable bonds is 1. The van der Waals surface area contributed by atoms with Gasteiger partial charge in [0.05, 0.1) is 0 Å². The van der Waals surface area contributed by atoms with E-state index in [0.29, 0.717) is 6.42 Å². The average Bonchev–Trinajstić information content (AvgIpc) is 1.97. The third kappa shape index (κ3) is 1.50. The van der Waals surface area contributed by atoms with E-state index in [1.165, 1.54) is 0 Å². The Labute approximate surface area is 65.3 Å². The molecule has 1 aliphatic heterocycles. The van der Waals surface area contributed by atoms with Crippen molar-refractivity contribution in [3.05, 3.63) is 0 Å². The number of carbonyl (C=O) groups excluding carboxylic acids is 2. The molecule has 2 N–H and O–H groups in total. The van der Waals surface area contributed by atoms with E-state index in [9.17, 15) is 9.59 Å². The molecule has 0 radical (unpaired) electrons. The predicted octanol–water partition coefficient (Wildman–Crippen LogP) is -0.601. The molecular weight excluding hydrogens is 144 g/mol. The molecule has 0 spiro atoms. The minimum absolute atomic E-state index is 0.0837. The van der Waals surface area contributed by atoms with Crippen molar-refractivity contribution in [2.45, 2.75) is 32.4 Å². The van der Waals surface area contributed by atoms with Crippen molar-refractivity contribution in [3.8, 4) is 0 Å². The minimum Gasteiger partial charge on any atom is -0.343 e. The van der Waals surface area contributed by atoms with Crippen LogP contribution in [-0.2, 0) is 9.59 Å². The summed E-state index contributed by atoms with van der Waals surface area (Å²) in [5.41, 5.74) is 0. The lowest BCUT2D eigenvalue weighted by Gasteiger charge is -2.26. The molecule has 1 heterocycles. The monoisotopic (exact) mass is 156 g/mol. The lowest BCUT2D eigenvalue weighted by molar-refractivity contribution is -0.136. The molecule has 62 valence electrons. The minimum atomic E-state index is -0.384. The molecule has 1 aliphatic rings. The van der Waals surface area contributed by atoms with Crippen molar-refractivity contribution in [3.63, 3.8) is 0 Å². The summed E-state index contributed by atoms with van der Waals surface area (Å²) in [5.74, 6) is -0.184. The van der Waals surface area contributed by atoms with Gasteiger partial charge in [-0.1, -0.05) is 6.92 Å². The van der Waals surface area contributed by atoms with E-state index in [1.807, 2.05) is 6.92 Å². The highest BCUT2D eigenvalue weighted by atomic mass is 16.2. The predicted molar refractivity (Wildman–Crippen MR) is 39.8 cm³/mol. The summed E-state index contributed by atoms with van der Waals surface area (Å²) in [6.45, 7) is 3.53. The number of hydrogen-bond donors (Lipinski definition) is 2. The SMILES string of the molecule is CC[C@H]1NC(=O)[C@H](C)NC1=O. The molecule has 0 aliphatic carbocycles. The van der Waals surface area contributed by atoms with Crippen molar-refractivity contribution in [1.82, 2.24) is 10.6 Å². The molecule has 0 aromatic heterocycles. The highest BCUT2D eigenvalue weighted by Crippen LogP contribution is 1.99. The molecule has 2 atom stereocenters. The Bertz CT molecular complexity index is 191. The number of hydrogen-bond acceptors (Lipinski definition) is 2. The van der Waals surface area contributed by atoms with Crippen LogP contribution in [0.25, 0.3) is 0 Å². The van der Waals surface area contributed by atoms with Gasteiger partial charge in [0, 0.05) is 0 Å². The van der Waals surface area contributed by atoms with Crippen LogP contribution in [-0.4, -0.2) is 23.9 Å². The van der Waals surface area contributed by atoms with Gasteiger partial charge in [-0.25, -0.2) is 0 Å². The number of nitrogens with one attached hydrogen (secondary N) is 2. The lowest BCUT2D eigenvalue weighted by atomic mass is 10.1. The summed E-state index contributed by atoms with van der Waals surface area (Å²) in [4.78, 5) is 22.0. The van der Waals surface area contributed by atoms with Gasteiger partial charge in [-0.15, -0.1) is 0 Å². The Morgan fingerprint density at radius 2 is 1.91 bits per heavy atom. The zero-order chi connectivity index (χ0) is 8.43. The van der Waals surface area contributed by atoms with E-state index in [0.717, 1.165) is 0 Å². The van der Waals surface area contributed by atoms with Crippen LogP contribution in [0.1, 0.15) is 20.3 Å². The topological polar surface area (TPSA) is 58.2 Å². The molecule has 4 heteroatoms. The number of piperazine rings is 1. The molecule has 0 aromatic carbocycles. The smallest absolute Gasteiger partial charge is 0.243 e. The van der Waals surface area contributed by atoms with Crippen LogP contribution < -0.4 is 10.6 Å². The van der Waals surface area contributed by atoms with Gasteiger partial charge in [-0.05, 0) is 13.3 Å². The van der Waals surface area contributed by atoms with Crippen LogP contribution in [0.4, 0.5) is 0 Å². The van der Waals surface area contributed by atoms with Gasteiger partial charge >= 0.3 is 0 Å². The normalized spacial score (nSPS) is 31.1. The Kier molecular flexibility index (Phi) is 2.12. The van der Waals surface area contributed by atoms with Gasteiger partial charge in [0.1, 0.15) is 12.1 Å². The maximum atomic E-state index is 11.1. The molecule has 0 unspecified atom stereocenters. The van der Waals surface area contributed by atoms with Gasteiger partial charge < -0.3 is 10.6 Å². The van der Waals surface area contributed by atoms with Gasteiger partial charge in [-0.3, -0.25) is 9.59 Å². The summed E-state index contributed by atoms with van der Waals surface area (Å²) in [6.07, 6.45) is 0.643. The maximum Gasteiger partial charge on any atom is 0.243 e. The molecule has 0 bridgehead atoms. The van der Waals surface area contributed by atoms with Crippen molar-refractivity contribution in [2.24, 2.45) is 0 Å². The molecule has 1 saturated heterocycles. The molecular formula is C7H12N2O2. The summed E-state index contributed by atoms with van der Waals surface area (Å²) in [6, 6.07) is -0.719. The second-order valence-electron chi connectivity index (χ2n) is 2.70. The highest BCUT2D eigenvalue weighted by molar-refractivity contribution is 5.96. The lowest BCUT2D eigenvalue weighted by Crippen LogP contribution is -2.60. The van der Waals surface area contributed by atoms with E-state index in [2.05, 4.69) is 10.6 Å². The molecule has 0 aromatic rings. The first-order valence-corrected chi connectivity index (χ1v) is 3.76. The second-order valence-corrected chi connectivity index (χ2v) is 2.70. The Morgan fingerprint density at radius 3 is 2.45 bits per heavy atom. The standard InChI is InChI=1S/C7H12N2O2/c1-3-5-7(11)8-4(2)6(10)9-5/h4-5H,3H2,1-2H3,(H,8,11)(H,9,10)/t4-,5+/m0/s1. The number of carbonyl (C=O) groups is 2. The number of amides is 2. The fraction of sp³-hybridized carbons (Fsp3) is 0.714. The largest absolute Gasteiger partial charge is 0.343 e. The average molecular weight is 156 g/mol. The zero-order valence-corrected chi connectivity index (χ0v) is 6.68. The van der Waals surface area contributed by atoms with E-state index >= 15 is 0 Å². The molecule has 1 fully saturated rings.